The molecule has 4 aliphatic heterocycles. The molecule has 0 unspecified atom stereocenters. The maximum atomic E-state index is 5.99. The van der Waals surface area contributed by atoms with E-state index in [4.69, 9.17) is 18.9 Å². The van der Waals surface area contributed by atoms with Gasteiger partial charge in [0.15, 0.2) is 23.0 Å². The van der Waals surface area contributed by atoms with Crippen molar-refractivity contribution in [2.45, 2.75) is 59.3 Å². The summed E-state index contributed by atoms with van der Waals surface area (Å²) >= 11 is 3.87. The second kappa shape index (κ2) is 11.0. The summed E-state index contributed by atoms with van der Waals surface area (Å²) < 4.78 is 28.9. The summed E-state index contributed by atoms with van der Waals surface area (Å²) in [5, 5.41) is 2.56. The molecular formula is C45H39BN2O4S2. The topological polar surface area (TPSA) is 43.4 Å². The fraction of sp³-hybridized carbons (Fsp3) is 0.244. The minimum atomic E-state index is 0.00226. The van der Waals surface area contributed by atoms with Crippen molar-refractivity contribution < 1.29 is 18.9 Å². The molecule has 4 aliphatic rings. The number of hydrogen-bond acceptors (Lipinski definition) is 8. The maximum absolute atomic E-state index is 5.99. The molecule has 268 valence electrons. The summed E-state index contributed by atoms with van der Waals surface area (Å²) in [4.78, 5) is 5.00. The van der Waals surface area contributed by atoms with Gasteiger partial charge in [0.1, 0.15) is 0 Å². The van der Waals surface area contributed by atoms with Crippen molar-refractivity contribution in [1.29, 1.82) is 0 Å². The lowest BCUT2D eigenvalue weighted by atomic mass is 9.39. The summed E-state index contributed by atoms with van der Waals surface area (Å²) in [7, 11) is 0. The molecule has 9 heteroatoms. The fourth-order valence-electron chi connectivity index (χ4n) is 8.63. The summed E-state index contributed by atoms with van der Waals surface area (Å²) in [6, 6.07) is 31.7. The molecule has 0 radical (unpaired) electrons. The van der Waals surface area contributed by atoms with E-state index in [1.54, 1.807) is 0 Å². The maximum Gasteiger partial charge on any atom is 0.277 e. The first-order valence-electron chi connectivity index (χ1n) is 18.6. The van der Waals surface area contributed by atoms with Crippen LogP contribution < -0.4 is 43.8 Å². The van der Waals surface area contributed by atoms with Crippen molar-refractivity contribution in [2.24, 2.45) is 0 Å². The van der Waals surface area contributed by atoms with Crippen LogP contribution in [0.3, 0.4) is 0 Å². The molecule has 5 aromatic carbocycles. The molecule has 0 saturated carbocycles. The number of ether oxygens (including phenoxy) is 4. The van der Waals surface area contributed by atoms with Gasteiger partial charge in [-0.05, 0) is 101 Å². The molecule has 2 aromatic heterocycles. The van der Waals surface area contributed by atoms with Gasteiger partial charge in [-0.1, -0.05) is 53.7 Å². The van der Waals surface area contributed by atoms with E-state index in [-0.39, 0.29) is 31.1 Å². The molecular weight excluding hydrogens is 707 g/mol. The first-order valence-corrected chi connectivity index (χ1v) is 20.2. The molecule has 6 nitrogen and oxygen atoms in total. The second-order valence-corrected chi connectivity index (χ2v) is 19.1. The Morgan fingerprint density at radius 1 is 0.537 bits per heavy atom. The first-order chi connectivity index (χ1) is 25.9. The number of thiophene rings is 2. The van der Waals surface area contributed by atoms with Crippen LogP contribution >= 0.6 is 22.7 Å². The highest BCUT2D eigenvalue weighted by molar-refractivity contribution is 7.40. The number of nitrogens with zero attached hydrogens (tertiary/aromatic N) is 2. The van der Waals surface area contributed by atoms with E-state index < -0.39 is 0 Å². The molecule has 54 heavy (non-hydrogen) atoms. The zero-order valence-corrected chi connectivity index (χ0v) is 33.1. The van der Waals surface area contributed by atoms with E-state index in [9.17, 15) is 0 Å². The Hall–Kier alpha value is -5.12. The Labute approximate surface area is 323 Å². The lowest BCUT2D eigenvalue weighted by Crippen LogP contribution is -2.59. The van der Waals surface area contributed by atoms with E-state index in [0.29, 0.717) is 0 Å². The molecule has 7 aromatic rings. The minimum absolute atomic E-state index is 0.00226. The zero-order valence-electron chi connectivity index (χ0n) is 31.4. The standard InChI is InChI=1S/C45H39BN2O4S2/c1-24-16-31-39-32(17-24)48(28-11-13-34-36(21-28)52-23-50-34)41-30-19-26(45(5,6)7)9-15-38(30)54-43(41)46(39)42-40(29-18-25(44(2,3)4)8-14-37(29)53-42)47(31)27-10-12-33-35(20-27)51-22-49-33/h8-21H,22-23H2,1-7H3. The molecule has 0 bridgehead atoms. The number of hydrogen-bond donors (Lipinski definition) is 0. The highest BCUT2D eigenvalue weighted by atomic mass is 32.1. The van der Waals surface area contributed by atoms with Gasteiger partial charge in [-0.25, -0.2) is 0 Å². The normalized spacial score (nSPS) is 15.3. The Morgan fingerprint density at radius 3 is 1.43 bits per heavy atom. The summed E-state index contributed by atoms with van der Waals surface area (Å²) in [6.07, 6.45) is 0. The third-order valence-electron chi connectivity index (χ3n) is 11.4. The Bertz CT molecular complexity index is 2570. The fourth-order valence-corrected chi connectivity index (χ4v) is 11.3. The van der Waals surface area contributed by atoms with Gasteiger partial charge >= 0.3 is 0 Å². The molecule has 0 fully saturated rings. The van der Waals surface area contributed by atoms with Crippen molar-refractivity contribution in [1.82, 2.24) is 0 Å². The first kappa shape index (κ1) is 32.3. The molecule has 0 N–H and O–H groups in total. The second-order valence-electron chi connectivity index (χ2n) is 16.9. The number of fused-ring (bicyclic) bond motifs is 10. The number of benzene rings is 5. The van der Waals surface area contributed by atoms with Crippen molar-refractivity contribution in [3.8, 4) is 23.0 Å². The quantitative estimate of drug-likeness (QED) is 0.164. The van der Waals surface area contributed by atoms with E-state index in [1.165, 1.54) is 74.6 Å². The van der Waals surface area contributed by atoms with Gasteiger partial charge in [-0.3, -0.25) is 0 Å². The average Bonchev–Trinajstić information content (AvgIpc) is 3.94. The van der Waals surface area contributed by atoms with Crippen LogP contribution in [0.25, 0.3) is 20.2 Å². The third kappa shape index (κ3) is 4.58. The largest absolute Gasteiger partial charge is 0.454 e. The molecule has 0 aliphatic carbocycles. The molecule has 0 spiro atoms. The van der Waals surface area contributed by atoms with Gasteiger partial charge in [-0.2, -0.15) is 0 Å². The van der Waals surface area contributed by atoms with Crippen LogP contribution in [-0.2, 0) is 10.8 Å². The van der Waals surface area contributed by atoms with Crippen LogP contribution in [0.15, 0.2) is 84.9 Å². The molecule has 0 atom stereocenters. The van der Waals surface area contributed by atoms with Crippen molar-refractivity contribution in [2.75, 3.05) is 23.4 Å². The van der Waals surface area contributed by atoms with Gasteiger partial charge in [-0.15, -0.1) is 22.7 Å². The van der Waals surface area contributed by atoms with Crippen LogP contribution in [0.4, 0.5) is 34.1 Å². The molecule has 11 rings (SSSR count). The molecule has 0 saturated heterocycles. The zero-order chi connectivity index (χ0) is 36.8. The van der Waals surface area contributed by atoms with Gasteiger partial charge in [0.2, 0.25) is 13.6 Å². The average molecular weight is 747 g/mol. The predicted molar refractivity (Wildman–Crippen MR) is 226 cm³/mol. The van der Waals surface area contributed by atoms with Crippen molar-refractivity contribution in [3.63, 3.8) is 0 Å². The minimum Gasteiger partial charge on any atom is -0.454 e. The highest BCUT2D eigenvalue weighted by Crippen LogP contribution is 2.53. The smallest absolute Gasteiger partial charge is 0.277 e. The Balaban J connectivity index is 1.26. The van der Waals surface area contributed by atoms with E-state index in [2.05, 4.69) is 143 Å². The van der Waals surface area contributed by atoms with Gasteiger partial charge in [0, 0.05) is 53.2 Å². The van der Waals surface area contributed by atoms with Crippen molar-refractivity contribution in [3.05, 3.63) is 102 Å². The van der Waals surface area contributed by atoms with Crippen LogP contribution in [0.1, 0.15) is 58.2 Å². The SMILES string of the molecule is Cc1cc2c3c(c1)N(c1ccc4c(c1)OCO4)c1c(sc4ccc(C(C)(C)C)cc14)B3c1sc3ccc(C(C)(C)C)cc3c1N2c1ccc2c(c1)OCO2. The number of rotatable bonds is 2. The predicted octanol–water partition coefficient (Wildman–Crippen LogP) is 10.6. The van der Waals surface area contributed by atoms with Gasteiger partial charge in [0.25, 0.3) is 6.71 Å². The summed E-state index contributed by atoms with van der Waals surface area (Å²) in [5.74, 6) is 3.11. The molecule has 6 heterocycles. The van der Waals surface area contributed by atoms with E-state index in [0.717, 1.165) is 34.4 Å². The monoisotopic (exact) mass is 746 g/mol. The highest BCUT2D eigenvalue weighted by Gasteiger charge is 2.47. The van der Waals surface area contributed by atoms with Crippen LogP contribution in [-0.4, -0.2) is 20.3 Å². The number of anilines is 6. The van der Waals surface area contributed by atoms with E-state index >= 15 is 0 Å². The van der Waals surface area contributed by atoms with Crippen LogP contribution in [0, 0.1) is 6.92 Å². The Kier molecular flexibility index (Phi) is 6.58. The van der Waals surface area contributed by atoms with E-state index in [1.807, 2.05) is 22.7 Å². The van der Waals surface area contributed by atoms with Crippen molar-refractivity contribution >= 4 is 98.7 Å². The lowest BCUT2D eigenvalue weighted by molar-refractivity contribution is 0.173. The van der Waals surface area contributed by atoms with Crippen LogP contribution in [0.5, 0.6) is 23.0 Å². The van der Waals surface area contributed by atoms with Gasteiger partial charge in [0.05, 0.1) is 22.7 Å². The number of aryl methyl sites for hydroxylation is 1. The Morgan fingerprint density at radius 2 is 0.981 bits per heavy atom. The lowest BCUT2D eigenvalue weighted by Gasteiger charge is -2.42. The summed E-state index contributed by atoms with van der Waals surface area (Å²) in [5.41, 5.74) is 12.1. The summed E-state index contributed by atoms with van der Waals surface area (Å²) in [6.45, 7) is 16.5. The van der Waals surface area contributed by atoms with Crippen LogP contribution in [0.2, 0.25) is 0 Å². The van der Waals surface area contributed by atoms with Gasteiger partial charge < -0.3 is 28.7 Å². The molecule has 0 amide bonds. The third-order valence-corrected chi connectivity index (χ3v) is 13.8.